The molecule has 0 bridgehead atoms. The van der Waals surface area contributed by atoms with Gasteiger partial charge < -0.3 is 14.7 Å². The number of para-hydroxylation sites is 2. The Morgan fingerprint density at radius 2 is 0.553 bits per heavy atom. The Balaban J connectivity index is 1.06. The summed E-state index contributed by atoms with van der Waals surface area (Å²) < 4.78 is 47.6. The first-order chi connectivity index (χ1) is 46.8. The number of hydrogen-bond donors (Lipinski definition) is 0. The molecular weight excluding hydrogens is 1130 g/mol. The molecule has 4 heteroatoms. The molecule has 0 radical (unpaired) electrons. The fourth-order valence-corrected chi connectivity index (χ4v) is 19.1. The number of hydrogen-bond acceptors (Lipinski definition) is 3. The van der Waals surface area contributed by atoms with Gasteiger partial charge in [-0.1, -0.05) is 268 Å². The second kappa shape index (κ2) is 19.3. The molecule has 6 aliphatic rings. The van der Waals surface area contributed by atoms with E-state index in [0.29, 0.717) is 11.4 Å². The lowest BCUT2D eigenvalue weighted by molar-refractivity contribution is 0.520. The summed E-state index contributed by atoms with van der Waals surface area (Å²) in [6, 6.07) is 73.8. The lowest BCUT2D eigenvalue weighted by Crippen LogP contribution is -2.62. The molecule has 0 unspecified atom stereocenters. The second-order valence-corrected chi connectivity index (χ2v) is 32.2. The van der Waals surface area contributed by atoms with Gasteiger partial charge in [0.25, 0.3) is 6.71 Å². The Bertz CT molecular complexity index is 5080. The second-order valence-electron chi connectivity index (χ2n) is 32.2. The Hall–Kier alpha value is -9.12. The summed E-state index contributed by atoms with van der Waals surface area (Å²) in [6.07, 6.45) is 0. The highest BCUT2D eigenvalue weighted by Crippen LogP contribution is 2.59. The third kappa shape index (κ3) is 7.69. The molecule has 464 valence electrons. The number of rotatable bonds is 5. The zero-order chi connectivity index (χ0) is 69.7. The van der Waals surface area contributed by atoms with E-state index in [1.807, 2.05) is 35.2 Å². The van der Waals surface area contributed by atoms with Crippen LogP contribution in [0.2, 0.25) is 0 Å². The van der Waals surface area contributed by atoms with Crippen LogP contribution in [-0.2, 0) is 43.3 Å². The molecule has 11 aromatic rings. The van der Waals surface area contributed by atoms with Crippen molar-refractivity contribution in [2.75, 3.05) is 14.7 Å². The highest BCUT2D eigenvalue weighted by atomic mass is 15.2. The van der Waals surface area contributed by atoms with Crippen LogP contribution in [0.5, 0.6) is 0 Å². The van der Waals surface area contributed by atoms with Gasteiger partial charge in [-0.25, -0.2) is 0 Å². The lowest BCUT2D eigenvalue weighted by atomic mass is 9.32. The normalized spacial score (nSPS) is 19.4. The minimum absolute atomic E-state index is 0.0719. The smallest absolute Gasteiger partial charge is 0.252 e. The van der Waals surface area contributed by atoms with E-state index >= 15 is 0 Å². The zero-order valence-corrected chi connectivity index (χ0v) is 57.5. The fourth-order valence-electron chi connectivity index (χ4n) is 19.1. The average Bonchev–Trinajstić information content (AvgIpc) is 0.657. The molecule has 4 aliphatic carbocycles. The summed E-state index contributed by atoms with van der Waals surface area (Å²) in [5, 5.41) is 0. The first-order valence-electron chi connectivity index (χ1n) is 36.5. The molecule has 0 saturated carbocycles. The van der Waals surface area contributed by atoms with Crippen molar-refractivity contribution >= 4 is 74.3 Å². The maximum absolute atomic E-state index is 9.94. The summed E-state index contributed by atoms with van der Waals surface area (Å²) in [4.78, 5) is 7.06. The molecule has 0 fully saturated rings. The number of fused-ring (bicyclic) bond motifs is 12. The highest BCUT2D eigenvalue weighted by Gasteiger charge is 2.52. The molecule has 0 atom stereocenters. The topological polar surface area (TPSA) is 9.72 Å². The van der Waals surface area contributed by atoms with E-state index in [9.17, 15) is 5.48 Å². The van der Waals surface area contributed by atoms with E-state index in [-0.39, 0.29) is 57.0 Å². The molecule has 3 nitrogen and oxygen atoms in total. The van der Waals surface area contributed by atoms with E-state index < -0.39 is 29.0 Å². The Kier molecular flexibility index (Phi) is 10.9. The quantitative estimate of drug-likeness (QED) is 0.159. The van der Waals surface area contributed by atoms with E-state index in [2.05, 4.69) is 290 Å². The summed E-state index contributed by atoms with van der Waals surface area (Å²) >= 11 is 0. The molecule has 0 aromatic heterocycles. The minimum Gasteiger partial charge on any atom is -0.311 e. The van der Waals surface area contributed by atoms with Crippen molar-refractivity contribution in [3.05, 3.63) is 319 Å². The predicted molar refractivity (Wildman–Crippen MR) is 398 cm³/mol. The van der Waals surface area contributed by atoms with Crippen LogP contribution >= 0.6 is 0 Å². The van der Waals surface area contributed by atoms with Crippen molar-refractivity contribution in [2.24, 2.45) is 0 Å². The van der Waals surface area contributed by atoms with Crippen LogP contribution in [0, 0.1) is 0 Å². The van der Waals surface area contributed by atoms with Gasteiger partial charge in [-0.3, -0.25) is 0 Å². The highest BCUT2D eigenvalue weighted by molar-refractivity contribution is 7.00. The number of nitrogens with zero attached hydrogens (tertiary/aromatic N) is 3. The molecule has 0 saturated heterocycles. The van der Waals surface area contributed by atoms with Gasteiger partial charge in [-0.15, -0.1) is 0 Å². The SMILES string of the molecule is [2H]c1c([2H])c([2H])c(N(c2ccccc2)c2cc3c4c(c2)N(c2ccc5c(c2)C(C)(C)c2ccccc2C5(C)C)c2cc5c(cc2B4c2cc4c(cc2N3c2ccc3c(c2)C(C)(C)c2ccccc2C3(C)C)C(C)(C)c2ccccc2C4(C)C)C(C)(C)c2ccccc2C5(C)C)c([2H])c1[2H]. The van der Waals surface area contributed by atoms with Crippen molar-refractivity contribution in [1.82, 2.24) is 0 Å². The lowest BCUT2D eigenvalue weighted by Gasteiger charge is -2.50. The fraction of sp³-hybridized carbons (Fsp3) is 0.267. The van der Waals surface area contributed by atoms with Crippen LogP contribution in [0.25, 0.3) is 0 Å². The maximum Gasteiger partial charge on any atom is 0.252 e. The van der Waals surface area contributed by atoms with Crippen LogP contribution < -0.4 is 31.1 Å². The molecular formula is C90H86BN3. The van der Waals surface area contributed by atoms with E-state index in [4.69, 9.17) is 1.37 Å². The number of benzene rings is 11. The van der Waals surface area contributed by atoms with E-state index in [0.717, 1.165) is 39.6 Å². The first kappa shape index (κ1) is 53.3. The van der Waals surface area contributed by atoms with Gasteiger partial charge in [-0.2, -0.15) is 0 Å². The maximum atomic E-state index is 9.94. The molecule has 0 N–H and O–H groups in total. The Morgan fingerprint density at radius 1 is 0.266 bits per heavy atom. The van der Waals surface area contributed by atoms with Crippen molar-refractivity contribution in [2.45, 2.75) is 154 Å². The zero-order valence-electron chi connectivity index (χ0n) is 62.5. The molecule has 2 heterocycles. The van der Waals surface area contributed by atoms with Gasteiger partial charge in [0.15, 0.2) is 0 Å². The predicted octanol–water partition coefficient (Wildman–Crippen LogP) is 21.1. The van der Waals surface area contributed by atoms with Gasteiger partial charge >= 0.3 is 0 Å². The van der Waals surface area contributed by atoms with Crippen LogP contribution in [0.1, 0.15) is 207 Å². The van der Waals surface area contributed by atoms with Crippen molar-refractivity contribution in [3.8, 4) is 0 Å². The van der Waals surface area contributed by atoms with E-state index in [1.165, 1.54) is 99.9 Å². The first-order valence-corrected chi connectivity index (χ1v) is 34.0. The van der Waals surface area contributed by atoms with Crippen molar-refractivity contribution in [1.29, 1.82) is 0 Å². The largest absolute Gasteiger partial charge is 0.311 e. The summed E-state index contributed by atoms with van der Waals surface area (Å²) in [6.45, 7) is 38.0. The van der Waals surface area contributed by atoms with Crippen LogP contribution in [-0.4, -0.2) is 6.71 Å². The molecule has 0 spiro atoms. The van der Waals surface area contributed by atoms with Gasteiger partial charge in [0, 0.05) is 88.8 Å². The van der Waals surface area contributed by atoms with Crippen molar-refractivity contribution < 1.29 is 6.85 Å². The molecule has 17 rings (SSSR count). The molecule has 11 aromatic carbocycles. The minimum atomic E-state index is -0.438. The van der Waals surface area contributed by atoms with E-state index in [1.54, 1.807) is 0 Å². The summed E-state index contributed by atoms with van der Waals surface area (Å²) in [5.41, 5.74) is 28.9. The van der Waals surface area contributed by atoms with Crippen LogP contribution in [0.3, 0.4) is 0 Å². The van der Waals surface area contributed by atoms with Crippen LogP contribution in [0.4, 0.5) is 51.2 Å². The summed E-state index contributed by atoms with van der Waals surface area (Å²) in [5.74, 6) is 0. The summed E-state index contributed by atoms with van der Waals surface area (Å²) in [7, 11) is 0. The monoisotopic (exact) mass is 1220 g/mol. The third-order valence-corrected chi connectivity index (χ3v) is 24.3. The Morgan fingerprint density at radius 3 is 0.894 bits per heavy atom. The Labute approximate surface area is 566 Å². The van der Waals surface area contributed by atoms with Crippen molar-refractivity contribution in [3.63, 3.8) is 0 Å². The van der Waals surface area contributed by atoms with Gasteiger partial charge in [0.2, 0.25) is 0 Å². The standard InChI is InChI=1S/C90H86BN3/c1-83(2)60-35-23-25-37-62(60)85(5,6)70-47-57(43-45-68(70)83)93-78-53-74-72(87(9,10)64-39-27-29-41-66(64)89(74,13)14)51-76(78)91-77-52-73-75(90(15,16)67-42-30-28-40-65(67)88(73,11)12)54-79(77)94(58-44-46-69-71(48-58)86(7,8)63-38-26-24-36-61(63)84(69,3)4)81-50-59(49-80(93)82(81)91)92(55-31-19-17-20-32-55)56-33-21-18-22-34-56/h17-54H,1-16H3/i17D,19D,20D,31D,32D. The van der Waals surface area contributed by atoms with Gasteiger partial charge in [-0.05, 0) is 178 Å². The molecule has 94 heavy (non-hydrogen) atoms. The van der Waals surface area contributed by atoms with Gasteiger partial charge in [0.1, 0.15) is 0 Å². The third-order valence-electron chi connectivity index (χ3n) is 24.3. The number of anilines is 9. The molecule has 0 amide bonds. The average molecular weight is 1230 g/mol. The van der Waals surface area contributed by atoms with Crippen LogP contribution in [0.15, 0.2) is 230 Å². The molecule has 2 aliphatic heterocycles. The van der Waals surface area contributed by atoms with Gasteiger partial charge in [0.05, 0.1) is 12.5 Å².